The van der Waals surface area contributed by atoms with Crippen LogP contribution >= 0.6 is 11.6 Å². The minimum atomic E-state index is -0.480. The summed E-state index contributed by atoms with van der Waals surface area (Å²) in [5.74, 6) is 0.123. The lowest BCUT2D eigenvalue weighted by Crippen LogP contribution is -2.44. The van der Waals surface area contributed by atoms with Gasteiger partial charge in [-0.2, -0.15) is 0 Å². The third-order valence-corrected chi connectivity index (χ3v) is 5.12. The topological polar surface area (TPSA) is 83.1 Å². The number of aliphatic hydroxyl groups is 1. The Bertz CT molecular complexity index is 1060. The molecule has 6 nitrogen and oxygen atoms in total. The van der Waals surface area contributed by atoms with E-state index in [0.29, 0.717) is 33.3 Å². The molecule has 0 atom stereocenters. The van der Waals surface area contributed by atoms with E-state index >= 15 is 0 Å². The predicted octanol–water partition coefficient (Wildman–Crippen LogP) is 3.67. The van der Waals surface area contributed by atoms with Crippen LogP contribution < -0.4 is 0 Å². The second kappa shape index (κ2) is 8.59. The molecule has 0 bridgehead atoms. The van der Waals surface area contributed by atoms with Gasteiger partial charge < -0.3 is 9.52 Å². The first-order valence-electron chi connectivity index (χ1n) is 9.06. The monoisotopic (exact) mass is 412 g/mol. The number of β-amino-alcohol motifs (C(OH)–C–C–N with tert-alkyl or cyclic N) is 1. The smallest absolute Gasteiger partial charge is 0.262 e. The van der Waals surface area contributed by atoms with E-state index in [-0.39, 0.29) is 13.2 Å². The van der Waals surface area contributed by atoms with Crippen LogP contribution in [0.1, 0.15) is 18.2 Å². The lowest BCUT2D eigenvalue weighted by atomic mass is 9.94. The minimum absolute atomic E-state index is 0.0887. The van der Waals surface area contributed by atoms with Gasteiger partial charge >= 0.3 is 0 Å². The Hall–Kier alpha value is -2.96. The normalized spacial score (nSPS) is 16.6. The number of aryl methyl sites for hydroxylation is 1. The molecule has 29 heavy (non-hydrogen) atoms. The second-order valence-corrected chi connectivity index (χ2v) is 7.04. The highest BCUT2D eigenvalue weighted by Crippen LogP contribution is 2.30. The number of carbonyl (C=O) groups is 2. The molecule has 1 aliphatic heterocycles. The number of aliphatic hydroxyl groups excluding tert-OH is 1. The van der Waals surface area contributed by atoms with E-state index in [4.69, 9.17) is 16.0 Å². The van der Waals surface area contributed by atoms with Gasteiger partial charge in [-0.25, -0.2) is 0 Å². The number of hydrogen-bond donors (Lipinski definition) is 1. The fourth-order valence-corrected chi connectivity index (χ4v) is 3.26. The van der Waals surface area contributed by atoms with E-state index in [1.54, 1.807) is 32.2 Å². The van der Waals surface area contributed by atoms with Gasteiger partial charge in [0.1, 0.15) is 11.5 Å². The highest BCUT2D eigenvalue weighted by atomic mass is 35.5. The molecule has 0 saturated carbocycles. The highest BCUT2D eigenvalue weighted by Gasteiger charge is 2.34. The van der Waals surface area contributed by atoms with Crippen molar-refractivity contribution >= 4 is 35.7 Å². The van der Waals surface area contributed by atoms with Gasteiger partial charge in [-0.3, -0.25) is 19.5 Å². The summed E-state index contributed by atoms with van der Waals surface area (Å²) in [7, 11) is 1.55. The van der Waals surface area contributed by atoms with Crippen LogP contribution in [-0.4, -0.2) is 48.2 Å². The van der Waals surface area contributed by atoms with Gasteiger partial charge in [0.15, 0.2) is 0 Å². The number of benzene rings is 1. The standard InChI is InChI=1S/C22H21ClN2O4/c1-13-4-5-15(10-19(13)23)20-7-6-16(29-20)11-17-14(2)18(12-24-3)22(28)25(8-9-26)21(17)27/h4-7,10-12,26H,8-9H2,1-3H3/b17-11-,24-12?. The maximum Gasteiger partial charge on any atom is 0.262 e. The lowest BCUT2D eigenvalue weighted by molar-refractivity contribution is -0.140. The Labute approximate surface area is 173 Å². The lowest BCUT2D eigenvalue weighted by Gasteiger charge is -2.27. The molecule has 1 aromatic carbocycles. The Kier molecular flexibility index (Phi) is 6.15. The molecule has 3 rings (SSSR count). The number of carbonyl (C=O) groups excluding carboxylic acids is 2. The van der Waals surface area contributed by atoms with Crippen molar-refractivity contribution in [2.24, 2.45) is 4.99 Å². The molecule has 1 aliphatic rings. The highest BCUT2D eigenvalue weighted by molar-refractivity contribution is 6.31. The number of aliphatic imine (C=N–C) groups is 1. The van der Waals surface area contributed by atoms with Gasteiger partial charge in [-0.1, -0.05) is 23.7 Å². The molecule has 0 radical (unpaired) electrons. The number of halogens is 1. The molecule has 0 fully saturated rings. The quantitative estimate of drug-likeness (QED) is 0.461. The number of amides is 2. The number of rotatable bonds is 5. The summed E-state index contributed by atoms with van der Waals surface area (Å²) in [6, 6.07) is 9.18. The first-order chi connectivity index (χ1) is 13.9. The van der Waals surface area contributed by atoms with E-state index < -0.39 is 11.8 Å². The zero-order valence-corrected chi connectivity index (χ0v) is 17.2. The summed E-state index contributed by atoms with van der Waals surface area (Å²) in [6.07, 6.45) is 3.02. The van der Waals surface area contributed by atoms with Crippen molar-refractivity contribution in [1.82, 2.24) is 4.90 Å². The first kappa shape index (κ1) is 20.8. The van der Waals surface area contributed by atoms with Crippen molar-refractivity contribution in [2.75, 3.05) is 20.2 Å². The van der Waals surface area contributed by atoms with E-state index in [2.05, 4.69) is 4.99 Å². The molecule has 2 amide bonds. The molecular formula is C22H21ClN2O4. The summed E-state index contributed by atoms with van der Waals surface area (Å²) >= 11 is 6.19. The number of furan rings is 1. The fraction of sp³-hybridized carbons (Fsp3) is 0.227. The molecule has 2 aromatic rings. The summed E-state index contributed by atoms with van der Waals surface area (Å²) in [5.41, 5.74) is 2.93. The van der Waals surface area contributed by atoms with E-state index in [0.717, 1.165) is 16.0 Å². The molecule has 7 heteroatoms. The van der Waals surface area contributed by atoms with Crippen LogP contribution in [-0.2, 0) is 9.59 Å². The Morgan fingerprint density at radius 2 is 1.93 bits per heavy atom. The van der Waals surface area contributed by atoms with Crippen molar-refractivity contribution in [2.45, 2.75) is 13.8 Å². The summed E-state index contributed by atoms with van der Waals surface area (Å²) in [4.78, 5) is 30.3. The van der Waals surface area contributed by atoms with Crippen LogP contribution in [0.25, 0.3) is 17.4 Å². The van der Waals surface area contributed by atoms with Crippen LogP contribution in [0.4, 0.5) is 0 Å². The third kappa shape index (κ3) is 4.09. The largest absolute Gasteiger partial charge is 0.457 e. The average Bonchev–Trinajstić information content (AvgIpc) is 3.17. The summed E-state index contributed by atoms with van der Waals surface area (Å²) < 4.78 is 5.88. The first-order valence-corrected chi connectivity index (χ1v) is 9.43. The van der Waals surface area contributed by atoms with E-state index in [9.17, 15) is 14.7 Å². The molecule has 0 spiro atoms. The SMILES string of the molecule is CN=CC1=C(C)/C(=C/c2ccc(-c3ccc(C)c(Cl)c3)o2)C(=O)N(CCO)C1=O. The maximum absolute atomic E-state index is 12.8. The zero-order valence-electron chi connectivity index (χ0n) is 16.4. The molecule has 0 aliphatic carbocycles. The predicted molar refractivity (Wildman–Crippen MR) is 113 cm³/mol. The fourth-order valence-electron chi connectivity index (χ4n) is 3.08. The van der Waals surface area contributed by atoms with Crippen molar-refractivity contribution in [3.05, 3.63) is 63.4 Å². The average molecular weight is 413 g/mol. The zero-order chi connectivity index (χ0) is 21.1. The Balaban J connectivity index is 2.03. The van der Waals surface area contributed by atoms with Gasteiger partial charge in [-0.15, -0.1) is 0 Å². The van der Waals surface area contributed by atoms with E-state index in [1.165, 1.54) is 6.21 Å². The number of hydrogen-bond acceptors (Lipinski definition) is 5. The Morgan fingerprint density at radius 1 is 1.17 bits per heavy atom. The van der Waals surface area contributed by atoms with E-state index in [1.807, 2.05) is 25.1 Å². The molecule has 1 aromatic heterocycles. The molecular weight excluding hydrogens is 392 g/mol. The van der Waals surface area contributed by atoms with Crippen molar-refractivity contribution in [3.8, 4) is 11.3 Å². The van der Waals surface area contributed by atoms with Crippen LogP contribution in [0.5, 0.6) is 0 Å². The maximum atomic E-state index is 12.8. The molecule has 2 heterocycles. The van der Waals surface area contributed by atoms with Crippen molar-refractivity contribution in [3.63, 3.8) is 0 Å². The minimum Gasteiger partial charge on any atom is -0.457 e. The second-order valence-electron chi connectivity index (χ2n) is 6.64. The summed E-state index contributed by atoms with van der Waals surface area (Å²) in [6.45, 7) is 3.21. The molecule has 150 valence electrons. The molecule has 1 N–H and O–H groups in total. The van der Waals surface area contributed by atoms with Crippen molar-refractivity contribution < 1.29 is 19.1 Å². The third-order valence-electron chi connectivity index (χ3n) is 4.71. The van der Waals surface area contributed by atoms with Gasteiger partial charge in [0.05, 0.1) is 18.7 Å². The van der Waals surface area contributed by atoms with Crippen LogP contribution in [0.3, 0.4) is 0 Å². The molecule has 0 saturated heterocycles. The van der Waals surface area contributed by atoms with Gasteiger partial charge in [0.2, 0.25) is 0 Å². The van der Waals surface area contributed by atoms with Crippen molar-refractivity contribution in [1.29, 1.82) is 0 Å². The van der Waals surface area contributed by atoms with Gasteiger partial charge in [0, 0.05) is 29.4 Å². The number of nitrogens with zero attached hydrogens (tertiary/aromatic N) is 2. The molecule has 0 unspecified atom stereocenters. The van der Waals surface area contributed by atoms with Crippen LogP contribution in [0.15, 0.2) is 56.5 Å². The number of imide groups is 1. The van der Waals surface area contributed by atoms with Gasteiger partial charge in [0.25, 0.3) is 11.8 Å². The summed E-state index contributed by atoms with van der Waals surface area (Å²) in [5, 5.41) is 9.88. The van der Waals surface area contributed by atoms with Gasteiger partial charge in [-0.05, 0) is 49.3 Å². The van der Waals surface area contributed by atoms with Crippen LogP contribution in [0.2, 0.25) is 5.02 Å². The van der Waals surface area contributed by atoms with Crippen LogP contribution in [0, 0.1) is 6.92 Å². The Morgan fingerprint density at radius 3 is 2.59 bits per heavy atom.